The van der Waals surface area contributed by atoms with Gasteiger partial charge in [-0.3, -0.25) is 0 Å². The lowest BCUT2D eigenvalue weighted by molar-refractivity contribution is 0.539. The van der Waals surface area contributed by atoms with Gasteiger partial charge in [-0.1, -0.05) is 30.3 Å². The Balaban J connectivity index is 1.81. The molecule has 90 valence electrons. The van der Waals surface area contributed by atoms with Crippen molar-refractivity contribution in [2.75, 3.05) is 5.32 Å². The average molecular weight is 238 g/mol. The molecule has 0 aliphatic carbocycles. The normalized spacial score (nSPS) is 10.7. The minimum atomic E-state index is 0.595. The highest BCUT2D eigenvalue weighted by Crippen LogP contribution is 2.19. The van der Waals surface area contributed by atoms with Crippen LogP contribution in [0.2, 0.25) is 0 Å². The summed E-state index contributed by atoms with van der Waals surface area (Å²) >= 11 is 0. The molecule has 0 spiro atoms. The first-order chi connectivity index (χ1) is 8.83. The molecule has 18 heavy (non-hydrogen) atoms. The van der Waals surface area contributed by atoms with Crippen LogP contribution in [-0.4, -0.2) is 4.98 Å². The first-order valence-corrected chi connectivity index (χ1v) is 5.97. The van der Waals surface area contributed by atoms with E-state index in [2.05, 4.69) is 10.3 Å². The number of rotatable bonds is 3. The first kappa shape index (κ1) is 10.8. The number of aromatic nitrogens is 1. The quantitative estimate of drug-likeness (QED) is 0.755. The fourth-order valence-corrected chi connectivity index (χ4v) is 1.94. The van der Waals surface area contributed by atoms with E-state index >= 15 is 0 Å². The molecule has 0 saturated carbocycles. The maximum atomic E-state index is 5.75. The third-order valence-corrected chi connectivity index (χ3v) is 2.87. The van der Waals surface area contributed by atoms with Gasteiger partial charge in [0.25, 0.3) is 0 Å². The Morgan fingerprint density at radius 2 is 1.89 bits per heavy atom. The van der Waals surface area contributed by atoms with Gasteiger partial charge in [0.2, 0.25) is 5.89 Å². The van der Waals surface area contributed by atoms with Crippen LogP contribution in [0.4, 0.5) is 5.69 Å². The van der Waals surface area contributed by atoms with Crippen LogP contribution >= 0.6 is 0 Å². The zero-order valence-corrected chi connectivity index (χ0v) is 10.2. The van der Waals surface area contributed by atoms with Gasteiger partial charge in [-0.2, -0.15) is 0 Å². The molecule has 1 N–H and O–H groups in total. The SMILES string of the molecule is Cc1cccc2nc(CNc3ccccc3)oc12. The van der Waals surface area contributed by atoms with Gasteiger partial charge in [0.05, 0.1) is 6.54 Å². The van der Waals surface area contributed by atoms with Gasteiger partial charge in [-0.15, -0.1) is 0 Å². The first-order valence-electron chi connectivity index (χ1n) is 5.97. The second-order valence-corrected chi connectivity index (χ2v) is 4.25. The summed E-state index contributed by atoms with van der Waals surface area (Å²) in [6.45, 7) is 2.63. The maximum Gasteiger partial charge on any atom is 0.214 e. The van der Waals surface area contributed by atoms with Gasteiger partial charge in [0, 0.05) is 5.69 Å². The monoisotopic (exact) mass is 238 g/mol. The lowest BCUT2D eigenvalue weighted by Crippen LogP contribution is -1.98. The number of oxazole rings is 1. The third-order valence-electron chi connectivity index (χ3n) is 2.87. The lowest BCUT2D eigenvalue weighted by atomic mass is 10.2. The predicted octanol–water partition coefficient (Wildman–Crippen LogP) is 3.75. The number of fused-ring (bicyclic) bond motifs is 1. The van der Waals surface area contributed by atoms with Crippen molar-refractivity contribution in [3.63, 3.8) is 0 Å². The lowest BCUT2D eigenvalue weighted by Gasteiger charge is -2.01. The zero-order chi connectivity index (χ0) is 12.4. The Bertz CT molecular complexity index is 659. The van der Waals surface area contributed by atoms with E-state index in [1.54, 1.807) is 0 Å². The average Bonchev–Trinajstić information content (AvgIpc) is 2.82. The highest BCUT2D eigenvalue weighted by Gasteiger charge is 2.06. The van der Waals surface area contributed by atoms with Gasteiger partial charge < -0.3 is 9.73 Å². The molecular formula is C15H14N2O. The van der Waals surface area contributed by atoms with E-state index in [0.717, 1.165) is 22.4 Å². The molecule has 0 unspecified atom stereocenters. The van der Waals surface area contributed by atoms with E-state index in [1.165, 1.54) is 0 Å². The van der Waals surface area contributed by atoms with Crippen molar-refractivity contribution in [1.82, 2.24) is 4.98 Å². The minimum absolute atomic E-state index is 0.595. The van der Waals surface area contributed by atoms with Crippen LogP contribution in [0.5, 0.6) is 0 Å². The van der Waals surface area contributed by atoms with Gasteiger partial charge in [-0.25, -0.2) is 4.98 Å². The van der Waals surface area contributed by atoms with Crippen molar-refractivity contribution in [3.8, 4) is 0 Å². The summed E-state index contributed by atoms with van der Waals surface area (Å²) < 4.78 is 5.75. The molecular weight excluding hydrogens is 224 g/mol. The zero-order valence-electron chi connectivity index (χ0n) is 10.2. The topological polar surface area (TPSA) is 38.1 Å². The number of anilines is 1. The molecule has 0 atom stereocenters. The highest BCUT2D eigenvalue weighted by atomic mass is 16.3. The van der Waals surface area contributed by atoms with Gasteiger partial charge in [-0.05, 0) is 30.7 Å². The smallest absolute Gasteiger partial charge is 0.214 e. The molecule has 0 amide bonds. The van der Waals surface area contributed by atoms with E-state index in [4.69, 9.17) is 4.42 Å². The van der Waals surface area contributed by atoms with Crippen LogP contribution in [0.25, 0.3) is 11.1 Å². The van der Waals surface area contributed by atoms with Crippen LogP contribution < -0.4 is 5.32 Å². The predicted molar refractivity (Wildman–Crippen MR) is 72.5 cm³/mol. The van der Waals surface area contributed by atoms with Crippen LogP contribution in [0.15, 0.2) is 52.9 Å². The summed E-state index contributed by atoms with van der Waals surface area (Å²) in [5.74, 6) is 0.711. The van der Waals surface area contributed by atoms with Gasteiger partial charge >= 0.3 is 0 Å². The van der Waals surface area contributed by atoms with Crippen molar-refractivity contribution < 1.29 is 4.42 Å². The number of benzene rings is 2. The summed E-state index contributed by atoms with van der Waals surface area (Å²) in [5, 5.41) is 3.29. The third kappa shape index (κ3) is 2.07. The summed E-state index contributed by atoms with van der Waals surface area (Å²) in [6.07, 6.45) is 0. The Morgan fingerprint density at radius 1 is 1.06 bits per heavy atom. The summed E-state index contributed by atoms with van der Waals surface area (Å²) in [7, 11) is 0. The van der Waals surface area contributed by atoms with Crippen LogP contribution in [0.1, 0.15) is 11.5 Å². The molecule has 1 heterocycles. The van der Waals surface area contributed by atoms with Crippen molar-refractivity contribution in [3.05, 3.63) is 60.0 Å². The second kappa shape index (κ2) is 4.53. The Morgan fingerprint density at radius 3 is 2.67 bits per heavy atom. The van der Waals surface area contributed by atoms with E-state index in [1.807, 2.05) is 55.5 Å². The Labute approximate surface area is 105 Å². The standard InChI is InChI=1S/C15H14N2O/c1-11-6-5-9-13-15(11)18-14(17-13)10-16-12-7-3-2-4-8-12/h2-9,16H,10H2,1H3. The summed E-state index contributed by atoms with van der Waals surface area (Å²) in [4.78, 5) is 4.46. The van der Waals surface area contributed by atoms with Gasteiger partial charge in [0.15, 0.2) is 5.58 Å². The Hall–Kier alpha value is -2.29. The number of hydrogen-bond acceptors (Lipinski definition) is 3. The largest absolute Gasteiger partial charge is 0.438 e. The highest BCUT2D eigenvalue weighted by molar-refractivity contribution is 5.76. The van der Waals surface area contributed by atoms with E-state index in [9.17, 15) is 0 Å². The number of nitrogens with one attached hydrogen (secondary N) is 1. The fourth-order valence-electron chi connectivity index (χ4n) is 1.94. The van der Waals surface area contributed by atoms with E-state index < -0.39 is 0 Å². The van der Waals surface area contributed by atoms with Crippen molar-refractivity contribution in [2.24, 2.45) is 0 Å². The van der Waals surface area contributed by atoms with Crippen LogP contribution in [0.3, 0.4) is 0 Å². The Kier molecular flexibility index (Phi) is 2.73. The molecule has 3 aromatic rings. The molecule has 0 radical (unpaired) electrons. The molecule has 3 rings (SSSR count). The minimum Gasteiger partial charge on any atom is -0.438 e. The summed E-state index contributed by atoms with van der Waals surface area (Å²) in [5.41, 5.74) is 3.98. The molecule has 2 aromatic carbocycles. The van der Waals surface area contributed by atoms with Crippen molar-refractivity contribution in [2.45, 2.75) is 13.5 Å². The number of aryl methyl sites for hydroxylation is 1. The fraction of sp³-hybridized carbons (Fsp3) is 0.133. The molecule has 3 heteroatoms. The van der Waals surface area contributed by atoms with Crippen molar-refractivity contribution >= 4 is 16.8 Å². The molecule has 0 aliphatic rings. The van der Waals surface area contributed by atoms with E-state index in [0.29, 0.717) is 12.4 Å². The molecule has 0 saturated heterocycles. The number of para-hydroxylation sites is 2. The van der Waals surface area contributed by atoms with Crippen molar-refractivity contribution in [1.29, 1.82) is 0 Å². The molecule has 0 fully saturated rings. The van der Waals surface area contributed by atoms with Crippen LogP contribution in [-0.2, 0) is 6.54 Å². The molecule has 3 nitrogen and oxygen atoms in total. The second-order valence-electron chi connectivity index (χ2n) is 4.25. The molecule has 0 bridgehead atoms. The molecule has 0 aliphatic heterocycles. The van der Waals surface area contributed by atoms with Crippen LogP contribution in [0, 0.1) is 6.92 Å². The summed E-state index contributed by atoms with van der Waals surface area (Å²) in [6, 6.07) is 16.0. The number of hydrogen-bond donors (Lipinski definition) is 1. The maximum absolute atomic E-state index is 5.75. The van der Waals surface area contributed by atoms with E-state index in [-0.39, 0.29) is 0 Å². The number of nitrogens with zero attached hydrogens (tertiary/aromatic N) is 1. The van der Waals surface area contributed by atoms with Gasteiger partial charge in [0.1, 0.15) is 5.52 Å². The molecule has 1 aromatic heterocycles.